The maximum absolute atomic E-state index is 14.2. The number of benzene rings is 1. The van der Waals surface area contributed by atoms with Gasteiger partial charge in [-0.05, 0) is 63.8 Å². The number of fused-ring (bicyclic) bond motifs is 1. The van der Waals surface area contributed by atoms with Crippen molar-refractivity contribution in [3.05, 3.63) is 51.8 Å². The van der Waals surface area contributed by atoms with Crippen LogP contribution in [-0.4, -0.2) is 28.6 Å². The number of carbonyl (C=O) groups excluding carboxylic acids is 1. The molecule has 0 spiro atoms. The monoisotopic (exact) mass is 412 g/mol. The Bertz CT molecular complexity index is 1140. The molecule has 0 aliphatic heterocycles. The van der Waals surface area contributed by atoms with Crippen LogP contribution in [0.15, 0.2) is 29.1 Å². The fraction of sp³-hybridized carbons (Fsp3) is 0.391. The van der Waals surface area contributed by atoms with Gasteiger partial charge >= 0.3 is 5.97 Å². The van der Waals surface area contributed by atoms with Crippen molar-refractivity contribution >= 4 is 16.7 Å². The smallest absolute Gasteiger partial charge is 0.354 e. The zero-order valence-electron chi connectivity index (χ0n) is 17.1. The summed E-state index contributed by atoms with van der Waals surface area (Å²) in [5.41, 5.74) is 1.36. The van der Waals surface area contributed by atoms with E-state index in [1.54, 1.807) is 26.0 Å². The Hall–Kier alpha value is -3.09. The van der Waals surface area contributed by atoms with Crippen molar-refractivity contribution in [1.82, 2.24) is 9.97 Å². The zero-order valence-corrected chi connectivity index (χ0v) is 17.1. The Morgan fingerprint density at radius 1 is 1.17 bits per heavy atom. The van der Waals surface area contributed by atoms with Crippen LogP contribution in [-0.2, 0) is 4.74 Å². The van der Waals surface area contributed by atoms with E-state index in [0.717, 1.165) is 25.7 Å². The molecule has 0 unspecified atom stereocenters. The topological polar surface area (TPSA) is 84.2 Å². The lowest BCUT2D eigenvalue weighted by atomic mass is 9.97. The van der Waals surface area contributed by atoms with Gasteiger partial charge in [0.15, 0.2) is 0 Å². The minimum absolute atomic E-state index is 0.0563. The summed E-state index contributed by atoms with van der Waals surface area (Å²) in [6, 6.07) is 5.97. The molecule has 7 heteroatoms. The summed E-state index contributed by atoms with van der Waals surface area (Å²) in [4.78, 5) is 30.6. The van der Waals surface area contributed by atoms with Crippen LogP contribution >= 0.6 is 0 Å². The van der Waals surface area contributed by atoms with E-state index in [2.05, 4.69) is 9.97 Å². The number of nitrogens with one attached hydrogen (secondary N) is 2. The molecule has 6 nitrogen and oxygen atoms in total. The fourth-order valence-corrected chi connectivity index (χ4v) is 4.14. The lowest BCUT2D eigenvalue weighted by molar-refractivity contribution is 0.0519. The predicted molar refractivity (Wildman–Crippen MR) is 113 cm³/mol. The summed E-state index contributed by atoms with van der Waals surface area (Å²) >= 11 is 0. The molecule has 1 fully saturated rings. The molecule has 30 heavy (non-hydrogen) atoms. The summed E-state index contributed by atoms with van der Waals surface area (Å²) in [7, 11) is 0. The molecule has 2 heterocycles. The number of pyridine rings is 1. The SMILES string of the molecule is CCOC(=O)c1cc2c(-c3cc(F)ccc3OC3CCCCC3)[nH]c(C)c2c(=O)[nH]1. The van der Waals surface area contributed by atoms with E-state index >= 15 is 0 Å². The van der Waals surface area contributed by atoms with Gasteiger partial charge in [-0.1, -0.05) is 6.42 Å². The van der Waals surface area contributed by atoms with Gasteiger partial charge in [-0.2, -0.15) is 0 Å². The number of aryl methyl sites for hydroxylation is 1. The molecule has 1 saturated carbocycles. The van der Waals surface area contributed by atoms with Crippen molar-refractivity contribution in [1.29, 1.82) is 0 Å². The highest BCUT2D eigenvalue weighted by molar-refractivity contribution is 6.01. The number of hydrogen-bond donors (Lipinski definition) is 2. The van der Waals surface area contributed by atoms with Crippen LogP contribution in [0, 0.1) is 12.7 Å². The maximum Gasteiger partial charge on any atom is 0.354 e. The van der Waals surface area contributed by atoms with Gasteiger partial charge in [-0.3, -0.25) is 4.79 Å². The first-order chi connectivity index (χ1) is 14.5. The molecule has 0 amide bonds. The summed E-state index contributed by atoms with van der Waals surface area (Å²) in [5, 5.41) is 0.948. The molecule has 2 aromatic heterocycles. The van der Waals surface area contributed by atoms with E-state index in [-0.39, 0.29) is 18.4 Å². The second-order valence-corrected chi connectivity index (χ2v) is 7.66. The number of rotatable bonds is 5. The number of aromatic nitrogens is 2. The molecular weight excluding hydrogens is 387 g/mol. The molecule has 0 bridgehead atoms. The second-order valence-electron chi connectivity index (χ2n) is 7.66. The number of carbonyl (C=O) groups is 1. The van der Waals surface area contributed by atoms with E-state index < -0.39 is 17.3 Å². The summed E-state index contributed by atoms with van der Waals surface area (Å²) < 4.78 is 25.5. The Balaban J connectivity index is 1.85. The van der Waals surface area contributed by atoms with Crippen molar-refractivity contribution in [2.45, 2.75) is 52.1 Å². The van der Waals surface area contributed by atoms with E-state index in [0.29, 0.717) is 33.5 Å². The summed E-state index contributed by atoms with van der Waals surface area (Å²) in [6.45, 7) is 3.66. The molecule has 1 aliphatic carbocycles. The lowest BCUT2D eigenvalue weighted by Crippen LogP contribution is -2.20. The minimum Gasteiger partial charge on any atom is -0.490 e. The van der Waals surface area contributed by atoms with Crippen molar-refractivity contribution in [3.63, 3.8) is 0 Å². The van der Waals surface area contributed by atoms with E-state index in [4.69, 9.17) is 9.47 Å². The molecule has 4 rings (SSSR count). The number of hydrogen-bond acceptors (Lipinski definition) is 4. The van der Waals surface area contributed by atoms with Crippen LogP contribution in [0.3, 0.4) is 0 Å². The molecular formula is C23H25FN2O4. The van der Waals surface area contributed by atoms with Crippen LogP contribution in [0.5, 0.6) is 5.75 Å². The van der Waals surface area contributed by atoms with Crippen LogP contribution in [0.4, 0.5) is 4.39 Å². The molecule has 1 aliphatic rings. The largest absolute Gasteiger partial charge is 0.490 e. The van der Waals surface area contributed by atoms with Gasteiger partial charge in [0.05, 0.1) is 23.8 Å². The first kappa shape index (κ1) is 20.2. The van der Waals surface area contributed by atoms with Crippen LogP contribution in [0.25, 0.3) is 22.0 Å². The summed E-state index contributed by atoms with van der Waals surface area (Å²) in [6.07, 6.45) is 5.45. The third-order valence-corrected chi connectivity index (χ3v) is 5.54. The van der Waals surface area contributed by atoms with E-state index in [1.807, 2.05) is 0 Å². The van der Waals surface area contributed by atoms with Crippen LogP contribution < -0.4 is 10.3 Å². The number of halogens is 1. The van der Waals surface area contributed by atoms with E-state index in [1.165, 1.54) is 18.6 Å². The molecule has 1 aromatic carbocycles. The lowest BCUT2D eigenvalue weighted by Gasteiger charge is -2.24. The average molecular weight is 412 g/mol. The standard InChI is InChI=1S/C23H25FN2O4/c1-3-29-23(28)18-12-17-20(22(27)26-18)13(2)25-21(17)16-11-14(24)9-10-19(16)30-15-7-5-4-6-8-15/h9-12,15,25H,3-8H2,1-2H3,(H,26,27). The number of H-pyrrole nitrogens is 2. The average Bonchev–Trinajstić information content (AvgIpc) is 3.07. The highest BCUT2D eigenvalue weighted by atomic mass is 19.1. The molecule has 2 N–H and O–H groups in total. The van der Waals surface area contributed by atoms with Gasteiger partial charge in [-0.15, -0.1) is 0 Å². The van der Waals surface area contributed by atoms with Crippen LogP contribution in [0.2, 0.25) is 0 Å². The van der Waals surface area contributed by atoms with Crippen molar-refractivity contribution < 1.29 is 18.7 Å². The molecule has 0 radical (unpaired) electrons. The minimum atomic E-state index is -0.612. The molecule has 158 valence electrons. The van der Waals surface area contributed by atoms with Crippen molar-refractivity contribution in [2.75, 3.05) is 6.61 Å². The van der Waals surface area contributed by atoms with Gasteiger partial charge in [0.1, 0.15) is 17.3 Å². The summed E-state index contributed by atoms with van der Waals surface area (Å²) in [5.74, 6) is -0.458. The number of esters is 1. The zero-order chi connectivity index (χ0) is 21.3. The Kier molecular flexibility index (Phi) is 5.61. The first-order valence-electron chi connectivity index (χ1n) is 10.4. The van der Waals surface area contributed by atoms with Crippen LogP contribution in [0.1, 0.15) is 55.2 Å². The second kappa shape index (κ2) is 8.34. The van der Waals surface area contributed by atoms with Gasteiger partial charge in [0, 0.05) is 16.6 Å². The third-order valence-electron chi connectivity index (χ3n) is 5.54. The van der Waals surface area contributed by atoms with Gasteiger partial charge in [0.25, 0.3) is 5.56 Å². The normalized spacial score (nSPS) is 14.8. The number of ether oxygens (including phenoxy) is 2. The Labute approximate surface area is 173 Å². The molecule has 0 atom stereocenters. The Morgan fingerprint density at radius 2 is 1.93 bits per heavy atom. The first-order valence-corrected chi connectivity index (χ1v) is 10.4. The predicted octanol–water partition coefficient (Wildman–Crippen LogP) is 4.86. The maximum atomic E-state index is 14.2. The van der Waals surface area contributed by atoms with Crippen molar-refractivity contribution in [3.8, 4) is 17.0 Å². The van der Waals surface area contributed by atoms with Gasteiger partial charge < -0.3 is 19.4 Å². The fourth-order valence-electron chi connectivity index (χ4n) is 4.14. The quantitative estimate of drug-likeness (QED) is 0.586. The van der Waals surface area contributed by atoms with Gasteiger partial charge in [-0.25, -0.2) is 9.18 Å². The highest BCUT2D eigenvalue weighted by Gasteiger charge is 2.22. The third kappa shape index (κ3) is 3.84. The molecule has 0 saturated heterocycles. The van der Waals surface area contributed by atoms with Crippen molar-refractivity contribution in [2.24, 2.45) is 0 Å². The van der Waals surface area contributed by atoms with E-state index in [9.17, 15) is 14.0 Å². The Morgan fingerprint density at radius 3 is 2.67 bits per heavy atom. The highest BCUT2D eigenvalue weighted by Crippen LogP contribution is 2.37. The molecule has 3 aromatic rings. The number of aromatic amines is 2. The van der Waals surface area contributed by atoms with Gasteiger partial charge in [0.2, 0.25) is 0 Å².